The molecule has 2 N–H and O–H groups in total. The Morgan fingerprint density at radius 3 is 3.15 bits per heavy atom. The lowest BCUT2D eigenvalue weighted by Crippen LogP contribution is -2.25. The SMILES string of the molecule is O=C(NCCc1cccnc1)c1csc(C#CCO)c1. The van der Waals surface area contributed by atoms with Crippen LogP contribution in [0.15, 0.2) is 36.0 Å². The van der Waals surface area contributed by atoms with Gasteiger partial charge in [0.05, 0.1) is 10.4 Å². The standard InChI is InChI=1S/C15H14N2O2S/c18-8-2-4-14-9-13(11-20-14)15(19)17-7-5-12-3-1-6-16-10-12/h1,3,6,9-11,18H,5,7-8H2,(H,17,19). The Kier molecular flexibility index (Phi) is 5.30. The summed E-state index contributed by atoms with van der Waals surface area (Å²) in [6.45, 7) is 0.391. The molecule has 0 aliphatic carbocycles. The maximum atomic E-state index is 11.9. The van der Waals surface area contributed by atoms with Crippen LogP contribution in [0.5, 0.6) is 0 Å². The maximum Gasteiger partial charge on any atom is 0.252 e. The third-order valence-corrected chi connectivity index (χ3v) is 3.42. The van der Waals surface area contributed by atoms with Crippen molar-refractivity contribution in [2.24, 2.45) is 0 Å². The van der Waals surface area contributed by atoms with Crippen molar-refractivity contribution >= 4 is 17.2 Å². The average molecular weight is 286 g/mol. The van der Waals surface area contributed by atoms with E-state index in [4.69, 9.17) is 5.11 Å². The van der Waals surface area contributed by atoms with E-state index >= 15 is 0 Å². The molecule has 0 unspecified atom stereocenters. The molecule has 4 nitrogen and oxygen atoms in total. The number of amides is 1. The van der Waals surface area contributed by atoms with Gasteiger partial charge in [-0.2, -0.15) is 0 Å². The molecule has 0 saturated heterocycles. The summed E-state index contributed by atoms with van der Waals surface area (Å²) in [5.74, 6) is 5.23. The summed E-state index contributed by atoms with van der Waals surface area (Å²) >= 11 is 1.39. The summed E-state index contributed by atoms with van der Waals surface area (Å²) in [4.78, 5) is 16.7. The predicted molar refractivity (Wildman–Crippen MR) is 78.6 cm³/mol. The minimum Gasteiger partial charge on any atom is -0.384 e. The van der Waals surface area contributed by atoms with Crippen LogP contribution in [0.1, 0.15) is 20.8 Å². The van der Waals surface area contributed by atoms with Gasteiger partial charge in [-0.25, -0.2) is 0 Å². The summed E-state index contributed by atoms with van der Waals surface area (Å²) in [5, 5.41) is 13.2. The Bertz CT molecular complexity index is 626. The molecule has 0 aliphatic rings. The molecule has 0 aromatic carbocycles. The van der Waals surface area contributed by atoms with Crippen molar-refractivity contribution in [2.45, 2.75) is 6.42 Å². The zero-order valence-corrected chi connectivity index (χ0v) is 11.6. The summed E-state index contributed by atoms with van der Waals surface area (Å²) in [6.07, 6.45) is 4.27. The molecule has 0 fully saturated rings. The fourth-order valence-electron chi connectivity index (χ4n) is 1.62. The van der Waals surface area contributed by atoms with Gasteiger partial charge in [-0.1, -0.05) is 17.9 Å². The Morgan fingerprint density at radius 1 is 1.50 bits per heavy atom. The number of aromatic nitrogens is 1. The number of aliphatic hydroxyl groups excluding tert-OH is 1. The molecule has 2 heterocycles. The van der Waals surface area contributed by atoms with Gasteiger partial charge in [-0.05, 0) is 24.1 Å². The summed E-state index contributed by atoms with van der Waals surface area (Å²) in [7, 11) is 0. The number of rotatable bonds is 4. The van der Waals surface area contributed by atoms with E-state index < -0.39 is 0 Å². The highest BCUT2D eigenvalue weighted by Crippen LogP contribution is 2.13. The van der Waals surface area contributed by atoms with E-state index in [9.17, 15) is 4.79 Å². The molecule has 2 rings (SSSR count). The van der Waals surface area contributed by atoms with Crippen LogP contribution in [0.4, 0.5) is 0 Å². The van der Waals surface area contributed by atoms with E-state index in [1.165, 1.54) is 11.3 Å². The summed E-state index contributed by atoms with van der Waals surface area (Å²) in [5.41, 5.74) is 1.69. The van der Waals surface area contributed by atoms with Gasteiger partial charge in [-0.15, -0.1) is 11.3 Å². The van der Waals surface area contributed by atoms with Crippen LogP contribution in [0.3, 0.4) is 0 Å². The first-order chi connectivity index (χ1) is 9.79. The van der Waals surface area contributed by atoms with E-state index in [1.807, 2.05) is 12.1 Å². The lowest BCUT2D eigenvalue weighted by atomic mass is 10.2. The van der Waals surface area contributed by atoms with Gasteiger partial charge in [0, 0.05) is 24.3 Å². The highest BCUT2D eigenvalue weighted by Gasteiger charge is 2.07. The van der Waals surface area contributed by atoms with Gasteiger partial charge in [0.15, 0.2) is 0 Å². The number of carbonyl (C=O) groups is 1. The molecule has 0 atom stereocenters. The summed E-state index contributed by atoms with van der Waals surface area (Å²) in [6, 6.07) is 5.58. The van der Waals surface area contributed by atoms with E-state index in [0.717, 1.165) is 16.9 Å². The first kappa shape index (κ1) is 14.3. The number of nitrogens with one attached hydrogen (secondary N) is 1. The Morgan fingerprint density at radius 2 is 2.40 bits per heavy atom. The number of nitrogens with zero attached hydrogens (tertiary/aromatic N) is 1. The molecule has 0 aliphatic heterocycles. The predicted octanol–water partition coefficient (Wildman–Crippen LogP) is 1.46. The second-order valence-electron chi connectivity index (χ2n) is 4.03. The van der Waals surface area contributed by atoms with Crippen molar-refractivity contribution in [3.63, 3.8) is 0 Å². The highest BCUT2D eigenvalue weighted by atomic mass is 32.1. The molecule has 102 valence electrons. The summed E-state index contributed by atoms with van der Waals surface area (Å²) < 4.78 is 0. The Labute approximate surface area is 121 Å². The molecular weight excluding hydrogens is 272 g/mol. The number of thiophene rings is 1. The largest absolute Gasteiger partial charge is 0.384 e. The van der Waals surface area contributed by atoms with Gasteiger partial charge < -0.3 is 10.4 Å². The normalized spacial score (nSPS) is 9.65. The van der Waals surface area contributed by atoms with E-state index in [-0.39, 0.29) is 12.5 Å². The van der Waals surface area contributed by atoms with Crippen molar-refractivity contribution in [3.8, 4) is 11.8 Å². The highest BCUT2D eigenvalue weighted by molar-refractivity contribution is 7.10. The molecule has 2 aromatic rings. The molecule has 0 radical (unpaired) electrons. The minimum absolute atomic E-state index is 0.109. The van der Waals surface area contributed by atoms with Crippen molar-refractivity contribution in [1.82, 2.24) is 10.3 Å². The number of hydrogen-bond donors (Lipinski definition) is 2. The average Bonchev–Trinajstić information content (AvgIpc) is 2.95. The molecular formula is C15H14N2O2S. The van der Waals surface area contributed by atoms with Crippen LogP contribution in [-0.4, -0.2) is 29.1 Å². The van der Waals surface area contributed by atoms with Gasteiger partial charge in [0.1, 0.15) is 6.61 Å². The molecule has 0 saturated carbocycles. The van der Waals surface area contributed by atoms with Gasteiger partial charge >= 0.3 is 0 Å². The number of pyridine rings is 1. The zero-order valence-electron chi connectivity index (χ0n) is 10.8. The fourth-order valence-corrected chi connectivity index (χ4v) is 2.37. The zero-order chi connectivity index (χ0) is 14.2. The molecule has 2 aromatic heterocycles. The third-order valence-electron chi connectivity index (χ3n) is 2.57. The Balaban J connectivity index is 1.84. The van der Waals surface area contributed by atoms with Crippen molar-refractivity contribution in [2.75, 3.05) is 13.2 Å². The van der Waals surface area contributed by atoms with Crippen LogP contribution in [-0.2, 0) is 6.42 Å². The van der Waals surface area contributed by atoms with Crippen LogP contribution < -0.4 is 5.32 Å². The monoisotopic (exact) mass is 286 g/mol. The lowest BCUT2D eigenvalue weighted by Gasteiger charge is -2.03. The molecule has 5 heteroatoms. The minimum atomic E-state index is -0.176. The van der Waals surface area contributed by atoms with E-state index in [2.05, 4.69) is 22.1 Å². The van der Waals surface area contributed by atoms with Gasteiger partial charge in [0.25, 0.3) is 5.91 Å². The van der Waals surface area contributed by atoms with Gasteiger partial charge in [-0.3, -0.25) is 9.78 Å². The number of carbonyl (C=O) groups excluding carboxylic acids is 1. The van der Waals surface area contributed by atoms with Crippen molar-refractivity contribution < 1.29 is 9.90 Å². The number of hydrogen-bond acceptors (Lipinski definition) is 4. The van der Waals surface area contributed by atoms with E-state index in [0.29, 0.717) is 12.1 Å². The van der Waals surface area contributed by atoms with Crippen LogP contribution in [0.25, 0.3) is 0 Å². The molecule has 20 heavy (non-hydrogen) atoms. The lowest BCUT2D eigenvalue weighted by molar-refractivity contribution is 0.0954. The van der Waals surface area contributed by atoms with Crippen LogP contribution >= 0.6 is 11.3 Å². The second kappa shape index (κ2) is 7.43. The Hall–Kier alpha value is -2.16. The smallest absolute Gasteiger partial charge is 0.252 e. The first-order valence-corrected chi connectivity index (χ1v) is 7.03. The third kappa shape index (κ3) is 4.19. The molecule has 0 spiro atoms. The fraction of sp³-hybridized carbons (Fsp3) is 0.200. The molecule has 1 amide bonds. The van der Waals surface area contributed by atoms with Crippen molar-refractivity contribution in [1.29, 1.82) is 0 Å². The number of aliphatic hydroxyl groups is 1. The first-order valence-electron chi connectivity index (χ1n) is 6.15. The quantitative estimate of drug-likeness (QED) is 0.837. The van der Waals surface area contributed by atoms with Crippen LogP contribution in [0, 0.1) is 11.8 Å². The van der Waals surface area contributed by atoms with Crippen molar-refractivity contribution in [3.05, 3.63) is 52.0 Å². The topological polar surface area (TPSA) is 62.2 Å². The van der Waals surface area contributed by atoms with E-state index in [1.54, 1.807) is 23.8 Å². The molecule has 0 bridgehead atoms. The second-order valence-corrected chi connectivity index (χ2v) is 4.94. The van der Waals surface area contributed by atoms with Gasteiger partial charge in [0.2, 0.25) is 0 Å². The van der Waals surface area contributed by atoms with Crippen LogP contribution in [0.2, 0.25) is 0 Å². The maximum absolute atomic E-state index is 11.9.